The molecule has 0 bridgehead atoms. The molecule has 0 amide bonds. The summed E-state index contributed by atoms with van der Waals surface area (Å²) in [7, 11) is 1.99. The van der Waals surface area contributed by atoms with E-state index in [1.54, 1.807) is 0 Å². The van der Waals surface area contributed by atoms with Crippen LogP contribution in [0.1, 0.15) is 18.0 Å². The van der Waals surface area contributed by atoms with Gasteiger partial charge >= 0.3 is 0 Å². The van der Waals surface area contributed by atoms with Crippen molar-refractivity contribution in [2.75, 3.05) is 26.0 Å². The summed E-state index contributed by atoms with van der Waals surface area (Å²) in [6.45, 7) is 2.04. The first-order valence-electron chi connectivity index (χ1n) is 6.10. The van der Waals surface area contributed by atoms with Crippen molar-refractivity contribution >= 4 is 17.4 Å². The fourth-order valence-electron chi connectivity index (χ4n) is 2.14. The Morgan fingerprint density at radius 3 is 3.17 bits per heavy atom. The molecule has 0 saturated heterocycles. The van der Waals surface area contributed by atoms with Gasteiger partial charge in [0.25, 0.3) is 0 Å². The van der Waals surface area contributed by atoms with Crippen LogP contribution in [0.2, 0.25) is 0 Å². The van der Waals surface area contributed by atoms with Gasteiger partial charge in [-0.25, -0.2) is 0 Å². The molecule has 0 fully saturated rings. The van der Waals surface area contributed by atoms with E-state index in [-0.39, 0.29) is 11.7 Å². The molecule has 3 nitrogen and oxygen atoms in total. The molecule has 1 aromatic heterocycles. The monoisotopic (exact) mass is 264 g/mol. The van der Waals surface area contributed by atoms with Crippen LogP contribution < -0.4 is 0 Å². The summed E-state index contributed by atoms with van der Waals surface area (Å²) in [6.07, 6.45) is 2.58. The molecule has 1 atom stereocenters. The predicted molar refractivity (Wildman–Crippen MR) is 72.8 cm³/mol. The molecule has 4 heteroatoms. The highest BCUT2D eigenvalue weighted by atomic mass is 35.5. The van der Waals surface area contributed by atoms with Gasteiger partial charge in [-0.05, 0) is 19.2 Å². The van der Waals surface area contributed by atoms with Crippen LogP contribution in [-0.4, -0.2) is 41.3 Å². The fourth-order valence-corrected chi connectivity index (χ4v) is 2.43. The Kier molecular flexibility index (Phi) is 4.46. The van der Waals surface area contributed by atoms with E-state index in [2.05, 4.69) is 16.7 Å². The van der Waals surface area contributed by atoms with Crippen molar-refractivity contribution in [3.05, 3.63) is 24.0 Å². The van der Waals surface area contributed by atoms with E-state index in [4.69, 9.17) is 11.6 Å². The van der Waals surface area contributed by atoms with Crippen LogP contribution in [0, 0.1) is 11.8 Å². The van der Waals surface area contributed by atoms with E-state index in [0.29, 0.717) is 25.4 Å². The highest BCUT2D eigenvalue weighted by Gasteiger charge is 2.29. The van der Waals surface area contributed by atoms with E-state index < -0.39 is 0 Å². The van der Waals surface area contributed by atoms with Gasteiger partial charge in [-0.15, -0.1) is 17.5 Å². The van der Waals surface area contributed by atoms with Crippen molar-refractivity contribution in [2.45, 2.75) is 18.9 Å². The molecule has 1 unspecified atom stereocenters. The van der Waals surface area contributed by atoms with Crippen LogP contribution in [0.3, 0.4) is 0 Å². The average Bonchev–Trinajstić information content (AvgIpc) is 2.87. The second-order valence-electron chi connectivity index (χ2n) is 4.56. The van der Waals surface area contributed by atoms with Crippen molar-refractivity contribution in [2.24, 2.45) is 0 Å². The number of aromatic nitrogens is 1. The van der Waals surface area contributed by atoms with E-state index >= 15 is 0 Å². The third-order valence-corrected chi connectivity index (χ3v) is 3.35. The number of hydrogen-bond acceptors (Lipinski definition) is 2. The van der Waals surface area contributed by atoms with Gasteiger partial charge in [0.1, 0.15) is 0 Å². The van der Waals surface area contributed by atoms with Crippen LogP contribution in [0.15, 0.2) is 18.3 Å². The first-order chi connectivity index (χ1) is 8.72. The standard InChI is InChI=1S/C14H17ClN2O/c1-16(10-7-15)8-3-2-5-12-13-6-4-9-17(13)11-14(12)18/h4,6,9,12H,5,7-8,10-11H2,1H3. The van der Waals surface area contributed by atoms with Gasteiger partial charge in [0.2, 0.25) is 0 Å². The van der Waals surface area contributed by atoms with Gasteiger partial charge in [-0.2, -0.15) is 0 Å². The van der Waals surface area contributed by atoms with Gasteiger partial charge in [0.05, 0.1) is 19.0 Å². The van der Waals surface area contributed by atoms with Crippen LogP contribution in [0.5, 0.6) is 0 Å². The van der Waals surface area contributed by atoms with Crippen molar-refractivity contribution in [3.8, 4) is 11.8 Å². The summed E-state index contributed by atoms with van der Waals surface area (Å²) >= 11 is 5.64. The quantitative estimate of drug-likeness (QED) is 0.611. The van der Waals surface area contributed by atoms with Crippen LogP contribution in [-0.2, 0) is 11.3 Å². The van der Waals surface area contributed by atoms with Crippen molar-refractivity contribution < 1.29 is 4.79 Å². The Bertz CT molecular complexity index is 483. The van der Waals surface area contributed by atoms with Gasteiger partial charge < -0.3 is 4.57 Å². The molecule has 1 aromatic rings. The number of nitrogens with zero attached hydrogens (tertiary/aromatic N) is 2. The van der Waals surface area contributed by atoms with Crippen LogP contribution >= 0.6 is 11.6 Å². The number of hydrogen-bond donors (Lipinski definition) is 0. The third-order valence-electron chi connectivity index (χ3n) is 3.18. The van der Waals surface area contributed by atoms with E-state index in [1.807, 2.05) is 29.9 Å². The van der Waals surface area contributed by atoms with Gasteiger partial charge in [-0.3, -0.25) is 9.69 Å². The normalized spacial score (nSPS) is 17.7. The number of halogens is 1. The summed E-state index contributed by atoms with van der Waals surface area (Å²) in [6, 6.07) is 3.99. The molecule has 0 radical (unpaired) electrons. The Hall–Kier alpha value is -1.24. The van der Waals surface area contributed by atoms with Crippen LogP contribution in [0.4, 0.5) is 0 Å². The molecular formula is C14H17ClN2O. The zero-order valence-electron chi connectivity index (χ0n) is 10.5. The smallest absolute Gasteiger partial charge is 0.162 e. The Morgan fingerprint density at radius 2 is 2.39 bits per heavy atom. The summed E-state index contributed by atoms with van der Waals surface area (Å²) in [4.78, 5) is 13.9. The zero-order chi connectivity index (χ0) is 13.0. The minimum Gasteiger partial charge on any atom is -0.343 e. The zero-order valence-corrected chi connectivity index (χ0v) is 11.3. The van der Waals surface area contributed by atoms with Gasteiger partial charge in [0.15, 0.2) is 5.78 Å². The lowest BCUT2D eigenvalue weighted by Crippen LogP contribution is -2.20. The molecule has 1 aliphatic rings. The minimum atomic E-state index is -0.0363. The number of alkyl halides is 1. The molecule has 0 aliphatic carbocycles. The van der Waals surface area contributed by atoms with Crippen LogP contribution in [0.25, 0.3) is 0 Å². The number of rotatable bonds is 4. The average molecular weight is 265 g/mol. The summed E-state index contributed by atoms with van der Waals surface area (Å²) in [5.41, 5.74) is 1.10. The molecule has 2 rings (SSSR count). The molecule has 2 heterocycles. The lowest BCUT2D eigenvalue weighted by Gasteiger charge is -2.09. The molecular weight excluding hydrogens is 248 g/mol. The maximum Gasteiger partial charge on any atom is 0.162 e. The minimum absolute atomic E-state index is 0.0363. The molecule has 96 valence electrons. The molecule has 18 heavy (non-hydrogen) atoms. The number of carbonyl (C=O) groups excluding carboxylic acids is 1. The molecule has 0 aromatic carbocycles. The summed E-state index contributed by atoms with van der Waals surface area (Å²) in [5, 5.41) is 0. The first-order valence-corrected chi connectivity index (χ1v) is 6.64. The fraction of sp³-hybridized carbons (Fsp3) is 0.500. The van der Waals surface area contributed by atoms with Crippen molar-refractivity contribution in [3.63, 3.8) is 0 Å². The van der Waals surface area contributed by atoms with Gasteiger partial charge in [0, 0.05) is 30.7 Å². The van der Waals surface area contributed by atoms with E-state index in [0.717, 1.165) is 12.2 Å². The molecule has 1 aliphatic heterocycles. The maximum absolute atomic E-state index is 11.8. The predicted octanol–water partition coefficient (Wildman–Crippen LogP) is 1.72. The Labute approximate surface area is 113 Å². The highest BCUT2D eigenvalue weighted by molar-refractivity contribution is 6.18. The summed E-state index contributed by atoms with van der Waals surface area (Å²) in [5.74, 6) is 7.06. The maximum atomic E-state index is 11.8. The molecule has 0 spiro atoms. The number of Topliss-reactive ketones (excluding diaryl/α,β-unsaturated/α-hetero) is 1. The Balaban J connectivity index is 1.88. The third kappa shape index (κ3) is 2.95. The van der Waals surface area contributed by atoms with E-state index in [9.17, 15) is 4.79 Å². The number of carbonyl (C=O) groups is 1. The Morgan fingerprint density at radius 1 is 1.56 bits per heavy atom. The second kappa shape index (κ2) is 6.08. The molecule has 0 saturated carbocycles. The summed E-state index contributed by atoms with van der Waals surface area (Å²) < 4.78 is 2.01. The van der Waals surface area contributed by atoms with E-state index in [1.165, 1.54) is 0 Å². The topological polar surface area (TPSA) is 25.2 Å². The lowest BCUT2D eigenvalue weighted by atomic mass is 10.00. The van der Waals surface area contributed by atoms with Crippen molar-refractivity contribution in [1.82, 2.24) is 9.47 Å². The number of fused-ring (bicyclic) bond motifs is 1. The number of ketones is 1. The van der Waals surface area contributed by atoms with Gasteiger partial charge in [-0.1, -0.05) is 5.92 Å². The SMILES string of the molecule is CN(CC#CCC1C(=O)Cn2cccc21)CCCl. The molecule has 0 N–H and O–H groups in total. The lowest BCUT2D eigenvalue weighted by molar-refractivity contribution is -0.119. The second-order valence-corrected chi connectivity index (χ2v) is 4.94. The first kappa shape index (κ1) is 13.2. The largest absolute Gasteiger partial charge is 0.343 e. The van der Waals surface area contributed by atoms with Crippen molar-refractivity contribution in [1.29, 1.82) is 0 Å². The highest BCUT2D eigenvalue weighted by Crippen LogP contribution is 2.27.